The summed E-state index contributed by atoms with van der Waals surface area (Å²) in [6.07, 6.45) is 4.03. The number of rotatable bonds is 0. The number of aromatic nitrogens is 4. The van der Waals surface area contributed by atoms with Crippen molar-refractivity contribution in [1.82, 2.24) is 14.4 Å². The Hall–Kier alpha value is -4.75. The van der Waals surface area contributed by atoms with E-state index in [2.05, 4.69) is 68.8 Å². The third-order valence-corrected chi connectivity index (χ3v) is 7.64. The lowest BCUT2D eigenvalue weighted by atomic mass is 10.1. The highest BCUT2D eigenvalue weighted by Crippen LogP contribution is 2.62. The second-order valence-corrected chi connectivity index (χ2v) is 9.09. The topological polar surface area (TPSA) is 44.0 Å². The molecule has 0 radical (unpaired) electrons. The van der Waals surface area contributed by atoms with Gasteiger partial charge in [-0.3, -0.25) is 0 Å². The number of quaternary nitrogens is 1. The third-order valence-electron chi connectivity index (χ3n) is 7.64. The maximum Gasteiger partial charge on any atom is 0.380 e. The molecule has 3 aromatic carbocycles. The van der Waals surface area contributed by atoms with E-state index in [-0.39, 0.29) is 4.70 Å². The predicted molar refractivity (Wildman–Crippen MR) is 123 cm³/mol. The summed E-state index contributed by atoms with van der Waals surface area (Å²) in [4.78, 5) is 2.14. The minimum absolute atomic E-state index is 0.256. The van der Waals surface area contributed by atoms with Crippen molar-refractivity contribution in [2.45, 2.75) is 0 Å². The third kappa shape index (κ3) is 1.37. The van der Waals surface area contributed by atoms with Crippen LogP contribution in [-0.2, 0) is 0 Å². The van der Waals surface area contributed by atoms with Crippen LogP contribution < -0.4 is 23.6 Å². The summed E-state index contributed by atoms with van der Waals surface area (Å²) in [5, 5.41) is 7.32. The Morgan fingerprint density at radius 2 is 1.59 bits per heavy atom. The Labute approximate surface area is 192 Å². The van der Waals surface area contributed by atoms with Crippen molar-refractivity contribution in [1.29, 1.82) is 0 Å². The first-order valence-electron chi connectivity index (χ1n) is 11.3. The van der Waals surface area contributed by atoms with Gasteiger partial charge in [0.2, 0.25) is 11.9 Å². The van der Waals surface area contributed by atoms with Gasteiger partial charge in [0.1, 0.15) is 10.4 Å². The molecule has 1 unspecified atom stereocenters. The molecule has 7 heteroatoms. The van der Waals surface area contributed by atoms with E-state index in [0.717, 1.165) is 73.3 Å². The molecule has 0 bridgehead atoms. The Bertz CT molecular complexity index is 1990. The molecular formula is C27H14N5O2+3. The maximum absolute atomic E-state index is 6.58. The minimum Gasteiger partial charge on any atom is -0.448 e. The van der Waals surface area contributed by atoms with Crippen LogP contribution in [0, 0.1) is 0 Å². The molecule has 3 aromatic heterocycles. The number of hydrogen-bond donors (Lipinski definition) is 0. The zero-order valence-corrected chi connectivity index (χ0v) is 17.6. The fraction of sp³-hybridized carbons (Fsp3) is 0. The lowest BCUT2D eigenvalue weighted by Crippen LogP contribution is -2.85. The van der Waals surface area contributed by atoms with Gasteiger partial charge in [-0.05, 0) is 53.6 Å². The second-order valence-electron chi connectivity index (χ2n) is 9.09. The van der Waals surface area contributed by atoms with Gasteiger partial charge in [-0.15, -0.1) is 0 Å². The van der Waals surface area contributed by atoms with Gasteiger partial charge in [0.05, 0.1) is 11.6 Å². The van der Waals surface area contributed by atoms with Crippen LogP contribution in [0.3, 0.4) is 0 Å². The first kappa shape index (κ1) is 16.0. The lowest BCUT2D eigenvalue weighted by Gasteiger charge is -2.31. The second kappa shape index (κ2) is 4.78. The Balaban J connectivity index is 1.59. The van der Waals surface area contributed by atoms with Gasteiger partial charge < -0.3 is 9.47 Å². The molecule has 34 heavy (non-hydrogen) atoms. The van der Waals surface area contributed by atoms with Gasteiger partial charge in [-0.2, -0.15) is 4.57 Å². The molecule has 0 saturated carbocycles. The van der Waals surface area contributed by atoms with E-state index in [9.17, 15) is 0 Å². The fourth-order valence-corrected chi connectivity index (χ4v) is 6.52. The number of para-hydroxylation sites is 2. The smallest absolute Gasteiger partial charge is 0.380 e. The summed E-state index contributed by atoms with van der Waals surface area (Å²) in [7, 11) is 0. The molecule has 7 heterocycles. The number of ether oxygens (including phenoxy) is 2. The van der Waals surface area contributed by atoms with Gasteiger partial charge in [-0.25, -0.2) is 0 Å². The van der Waals surface area contributed by atoms with Gasteiger partial charge in [0, 0.05) is 22.2 Å². The first-order valence-corrected chi connectivity index (χ1v) is 11.3. The van der Waals surface area contributed by atoms with E-state index in [1.165, 1.54) is 0 Å². The number of pyridine rings is 1. The Morgan fingerprint density at radius 3 is 2.59 bits per heavy atom. The van der Waals surface area contributed by atoms with E-state index in [1.54, 1.807) is 0 Å². The molecule has 4 aliphatic heterocycles. The summed E-state index contributed by atoms with van der Waals surface area (Å²) < 4.78 is 18.0. The van der Waals surface area contributed by atoms with Gasteiger partial charge in [0.15, 0.2) is 27.5 Å². The average Bonchev–Trinajstić information content (AvgIpc) is 3.38. The fourth-order valence-electron chi connectivity index (χ4n) is 6.52. The summed E-state index contributed by atoms with van der Waals surface area (Å²) in [5.74, 6) is 3.31. The van der Waals surface area contributed by atoms with Crippen molar-refractivity contribution in [2.24, 2.45) is 0 Å². The molecule has 1 atom stereocenters. The highest BCUT2D eigenvalue weighted by atomic mass is 16.5. The maximum atomic E-state index is 6.58. The molecule has 7 nitrogen and oxygen atoms in total. The minimum atomic E-state index is 0.256. The van der Waals surface area contributed by atoms with E-state index in [1.807, 2.05) is 30.5 Å². The van der Waals surface area contributed by atoms with E-state index >= 15 is 0 Å². The van der Waals surface area contributed by atoms with Crippen molar-refractivity contribution in [3.63, 3.8) is 0 Å². The van der Waals surface area contributed by atoms with E-state index in [0.29, 0.717) is 0 Å². The van der Waals surface area contributed by atoms with Crippen molar-refractivity contribution >= 4 is 33.3 Å². The lowest BCUT2D eigenvalue weighted by molar-refractivity contribution is -1.05. The molecule has 0 saturated heterocycles. The molecule has 0 N–H and O–H groups in total. The number of fused-ring (bicyclic) bond motifs is 3. The van der Waals surface area contributed by atoms with Crippen LogP contribution in [0.25, 0.3) is 38.9 Å². The molecule has 0 fully saturated rings. The average molecular weight is 440 g/mol. The van der Waals surface area contributed by atoms with Crippen LogP contribution in [-0.4, -0.2) is 9.67 Å². The standard InChI is InChI=1S/C27H14N5O2/c1-2-14-29-18(7-1)17-6-4-9-21-25(17)32(29)26-22(34-21)11-10-20-24(26)30-23-15(5-3-8-19(23)33-20)16-12-13-28-31(32)27(16)30/h1-14H/q+3. The van der Waals surface area contributed by atoms with Crippen LogP contribution in [0.5, 0.6) is 23.0 Å². The summed E-state index contributed by atoms with van der Waals surface area (Å²) in [6, 6.07) is 25.0. The highest BCUT2D eigenvalue weighted by Gasteiger charge is 2.71. The van der Waals surface area contributed by atoms with Crippen molar-refractivity contribution < 1.29 is 18.9 Å². The van der Waals surface area contributed by atoms with Crippen LogP contribution in [0.15, 0.2) is 85.2 Å². The van der Waals surface area contributed by atoms with E-state index < -0.39 is 0 Å². The molecule has 6 aromatic rings. The molecule has 1 spiro atoms. The van der Waals surface area contributed by atoms with Crippen LogP contribution >= 0.6 is 0 Å². The van der Waals surface area contributed by atoms with Crippen LogP contribution in [0.4, 0.5) is 11.4 Å². The Morgan fingerprint density at radius 1 is 0.735 bits per heavy atom. The predicted octanol–water partition coefficient (Wildman–Crippen LogP) is 4.82. The first-order chi connectivity index (χ1) is 16.9. The van der Waals surface area contributed by atoms with Crippen molar-refractivity contribution in [3.8, 4) is 39.9 Å². The molecular weight excluding hydrogens is 426 g/mol. The highest BCUT2D eigenvalue weighted by molar-refractivity contribution is 6.11. The number of hydrogen-bond acceptors (Lipinski definition) is 3. The van der Waals surface area contributed by atoms with Gasteiger partial charge in [0.25, 0.3) is 11.4 Å². The summed E-state index contributed by atoms with van der Waals surface area (Å²) in [5.41, 5.74) is 7.41. The monoisotopic (exact) mass is 440 g/mol. The van der Waals surface area contributed by atoms with Gasteiger partial charge in [-0.1, -0.05) is 12.1 Å². The van der Waals surface area contributed by atoms with Crippen molar-refractivity contribution in [2.75, 3.05) is 0 Å². The molecule has 0 amide bonds. The zero-order valence-electron chi connectivity index (χ0n) is 17.6. The molecule has 0 aliphatic carbocycles. The molecule has 10 rings (SSSR count). The zero-order chi connectivity index (χ0) is 21.8. The molecule has 4 aliphatic rings. The SMILES string of the molecule is c1cc2c3c(c1)-c1cccc[n+]1[N+]31c3c(ccc4c3-n3c5c(cccc5c5ccn[n+]1c53)O4)O2. The van der Waals surface area contributed by atoms with E-state index in [4.69, 9.17) is 14.6 Å². The number of nitrogens with zero attached hydrogens (tertiary/aromatic N) is 5. The van der Waals surface area contributed by atoms with Crippen molar-refractivity contribution in [3.05, 3.63) is 85.2 Å². The van der Waals surface area contributed by atoms with Crippen LogP contribution in [0.2, 0.25) is 0 Å². The summed E-state index contributed by atoms with van der Waals surface area (Å²) in [6.45, 7) is 0. The summed E-state index contributed by atoms with van der Waals surface area (Å²) >= 11 is 0. The largest absolute Gasteiger partial charge is 0.448 e. The number of benzene rings is 3. The molecule has 156 valence electrons. The van der Waals surface area contributed by atoms with Crippen LogP contribution in [0.1, 0.15) is 0 Å². The van der Waals surface area contributed by atoms with Gasteiger partial charge >= 0.3 is 17.0 Å². The quantitative estimate of drug-likeness (QED) is 0.251. The normalized spacial score (nSPS) is 18.6. The Kier molecular flexibility index (Phi) is 2.24.